The number of nitrogens with zero attached hydrogens (tertiary/aromatic N) is 4. The Kier molecular flexibility index (Phi) is 6.20. The second-order valence-electron chi connectivity index (χ2n) is 8.49. The highest BCUT2D eigenvalue weighted by Gasteiger charge is 2.47. The standard InChI is InChI=1S/C25H28N4O4/c1-16-11-12-20(33-16)22-21(24(31)25(32)28(22)14-8-13-27(3)4)23(30)19-15-26-29(17(19)2)18-9-6-5-7-10-18/h5-7,9-12,15,22,30H,8,13-14H2,1-4H3/t22-/m1/s1. The van der Waals surface area contributed by atoms with Crippen LogP contribution in [-0.2, 0) is 9.59 Å². The number of carbonyl (C=O) groups is 2. The number of furan rings is 1. The Labute approximate surface area is 192 Å². The van der Waals surface area contributed by atoms with Gasteiger partial charge < -0.3 is 19.3 Å². The average Bonchev–Trinajstić information content (AvgIpc) is 3.46. The summed E-state index contributed by atoms with van der Waals surface area (Å²) in [6.07, 6.45) is 2.20. The number of hydrogen-bond acceptors (Lipinski definition) is 6. The molecule has 0 unspecified atom stereocenters. The molecule has 2 aromatic heterocycles. The molecule has 3 heterocycles. The first-order chi connectivity index (χ1) is 15.8. The number of amides is 1. The lowest BCUT2D eigenvalue weighted by molar-refractivity contribution is -0.140. The van der Waals surface area contributed by atoms with E-state index in [-0.39, 0.29) is 11.3 Å². The molecule has 172 valence electrons. The maximum absolute atomic E-state index is 13.1. The summed E-state index contributed by atoms with van der Waals surface area (Å²) in [5.41, 5.74) is 1.91. The van der Waals surface area contributed by atoms with Crippen molar-refractivity contribution < 1.29 is 19.1 Å². The quantitative estimate of drug-likeness (QED) is 0.338. The molecule has 3 aromatic rings. The van der Waals surface area contributed by atoms with E-state index >= 15 is 0 Å². The van der Waals surface area contributed by atoms with Crippen molar-refractivity contribution >= 4 is 17.4 Å². The van der Waals surface area contributed by atoms with Crippen molar-refractivity contribution in [3.8, 4) is 5.69 Å². The molecule has 1 aliphatic heterocycles. The van der Waals surface area contributed by atoms with Crippen molar-refractivity contribution in [3.05, 3.63) is 77.0 Å². The summed E-state index contributed by atoms with van der Waals surface area (Å²) < 4.78 is 7.51. The van der Waals surface area contributed by atoms with Crippen LogP contribution in [0.25, 0.3) is 11.4 Å². The first-order valence-corrected chi connectivity index (χ1v) is 10.9. The van der Waals surface area contributed by atoms with Crippen molar-refractivity contribution in [2.45, 2.75) is 26.3 Å². The van der Waals surface area contributed by atoms with Crippen molar-refractivity contribution in [1.82, 2.24) is 19.6 Å². The summed E-state index contributed by atoms with van der Waals surface area (Å²) in [4.78, 5) is 29.6. The number of aliphatic hydroxyl groups is 1. The first-order valence-electron chi connectivity index (χ1n) is 10.9. The molecule has 0 aliphatic carbocycles. The van der Waals surface area contributed by atoms with E-state index in [1.165, 1.54) is 11.1 Å². The molecule has 4 rings (SSSR count). The number of carbonyl (C=O) groups excluding carboxylic acids is 2. The predicted molar refractivity (Wildman–Crippen MR) is 124 cm³/mol. The van der Waals surface area contributed by atoms with Crippen molar-refractivity contribution in [3.63, 3.8) is 0 Å². The Morgan fingerprint density at radius 3 is 2.48 bits per heavy atom. The Morgan fingerprint density at radius 2 is 1.85 bits per heavy atom. The maximum atomic E-state index is 13.1. The van der Waals surface area contributed by atoms with Gasteiger partial charge in [-0.3, -0.25) is 9.59 Å². The monoisotopic (exact) mass is 448 g/mol. The number of Topliss-reactive ketones (excluding diaryl/α,β-unsaturated/α-hetero) is 1. The SMILES string of the molecule is Cc1ccc([C@@H]2C(=C(O)c3cnn(-c4ccccc4)c3C)C(=O)C(=O)N2CCCN(C)C)o1. The van der Waals surface area contributed by atoms with E-state index in [9.17, 15) is 14.7 Å². The molecule has 0 saturated carbocycles. The third kappa shape index (κ3) is 4.21. The molecule has 33 heavy (non-hydrogen) atoms. The summed E-state index contributed by atoms with van der Waals surface area (Å²) in [7, 11) is 3.91. The van der Waals surface area contributed by atoms with Gasteiger partial charge in [0.15, 0.2) is 0 Å². The van der Waals surface area contributed by atoms with Gasteiger partial charge in [-0.15, -0.1) is 0 Å². The molecular formula is C25H28N4O4. The molecule has 1 fully saturated rings. The highest BCUT2D eigenvalue weighted by atomic mass is 16.3. The van der Waals surface area contributed by atoms with Gasteiger partial charge >= 0.3 is 0 Å². The highest BCUT2D eigenvalue weighted by molar-refractivity contribution is 6.46. The van der Waals surface area contributed by atoms with Gasteiger partial charge in [-0.05, 0) is 65.2 Å². The summed E-state index contributed by atoms with van der Waals surface area (Å²) in [5.74, 6) is -0.490. The number of para-hydroxylation sites is 1. The number of likely N-dealkylation sites (tertiary alicyclic amines) is 1. The number of aliphatic hydroxyl groups excluding tert-OH is 1. The van der Waals surface area contributed by atoms with Gasteiger partial charge in [0.1, 0.15) is 23.3 Å². The van der Waals surface area contributed by atoms with Gasteiger partial charge in [0, 0.05) is 6.54 Å². The zero-order valence-electron chi connectivity index (χ0n) is 19.3. The fourth-order valence-corrected chi connectivity index (χ4v) is 4.18. The van der Waals surface area contributed by atoms with Gasteiger partial charge in [0.05, 0.1) is 28.7 Å². The van der Waals surface area contributed by atoms with Crippen LogP contribution in [0.3, 0.4) is 0 Å². The second kappa shape index (κ2) is 9.07. The molecule has 0 radical (unpaired) electrons. The zero-order chi connectivity index (χ0) is 23.7. The van der Waals surface area contributed by atoms with E-state index < -0.39 is 17.7 Å². The van der Waals surface area contributed by atoms with Crippen molar-refractivity contribution in [2.24, 2.45) is 0 Å². The lowest BCUT2D eigenvalue weighted by Crippen LogP contribution is -2.32. The minimum absolute atomic E-state index is 0.0231. The summed E-state index contributed by atoms with van der Waals surface area (Å²) >= 11 is 0. The summed E-state index contributed by atoms with van der Waals surface area (Å²) in [6, 6.07) is 12.3. The van der Waals surface area contributed by atoms with Crippen molar-refractivity contribution in [2.75, 3.05) is 27.2 Å². The van der Waals surface area contributed by atoms with Gasteiger partial charge in [-0.2, -0.15) is 5.10 Å². The van der Waals surface area contributed by atoms with Crippen LogP contribution in [0.1, 0.15) is 35.2 Å². The Morgan fingerprint density at radius 1 is 1.12 bits per heavy atom. The van der Waals surface area contributed by atoms with Gasteiger partial charge in [0.2, 0.25) is 0 Å². The predicted octanol–water partition coefficient (Wildman–Crippen LogP) is 3.46. The molecule has 8 heteroatoms. The van der Waals surface area contributed by atoms with Crippen LogP contribution < -0.4 is 0 Å². The molecule has 8 nitrogen and oxygen atoms in total. The molecular weight excluding hydrogens is 420 g/mol. The van der Waals surface area contributed by atoms with Crippen LogP contribution >= 0.6 is 0 Å². The van der Waals surface area contributed by atoms with Gasteiger partial charge in [-0.1, -0.05) is 18.2 Å². The summed E-state index contributed by atoms with van der Waals surface area (Å²) in [5, 5.41) is 15.7. The number of hydrogen-bond donors (Lipinski definition) is 1. The second-order valence-corrected chi connectivity index (χ2v) is 8.49. The van der Waals surface area contributed by atoms with Crippen LogP contribution in [0.4, 0.5) is 0 Å². The first kappa shape index (κ1) is 22.5. The normalized spacial score (nSPS) is 18.0. The molecule has 0 spiro atoms. The van der Waals surface area contributed by atoms with Crippen molar-refractivity contribution in [1.29, 1.82) is 0 Å². The molecule has 1 aliphatic rings. The molecule has 1 amide bonds. The minimum atomic E-state index is -0.791. The van der Waals surface area contributed by atoms with E-state index in [1.807, 2.05) is 56.3 Å². The minimum Gasteiger partial charge on any atom is -0.507 e. The number of benzene rings is 1. The van der Waals surface area contributed by atoms with Crippen LogP contribution in [0, 0.1) is 13.8 Å². The van der Waals surface area contributed by atoms with E-state index in [4.69, 9.17) is 4.42 Å². The number of aryl methyl sites for hydroxylation is 1. The maximum Gasteiger partial charge on any atom is 0.295 e. The van der Waals surface area contributed by atoms with Crippen LogP contribution in [-0.4, -0.2) is 63.6 Å². The zero-order valence-corrected chi connectivity index (χ0v) is 19.3. The molecule has 1 N–H and O–H groups in total. The van der Waals surface area contributed by atoms with Gasteiger partial charge in [0.25, 0.3) is 11.7 Å². The Balaban J connectivity index is 1.79. The Hall–Kier alpha value is -3.65. The van der Waals surface area contributed by atoms with E-state index in [1.54, 1.807) is 23.7 Å². The number of rotatable bonds is 7. The van der Waals surface area contributed by atoms with Gasteiger partial charge in [-0.25, -0.2) is 4.68 Å². The fraction of sp³-hybridized carbons (Fsp3) is 0.320. The highest BCUT2D eigenvalue weighted by Crippen LogP contribution is 2.40. The lowest BCUT2D eigenvalue weighted by atomic mass is 9.99. The van der Waals surface area contributed by atoms with Crippen LogP contribution in [0.15, 0.2) is 58.7 Å². The lowest BCUT2D eigenvalue weighted by Gasteiger charge is -2.24. The van der Waals surface area contributed by atoms with E-state index in [0.29, 0.717) is 35.7 Å². The fourth-order valence-electron chi connectivity index (χ4n) is 4.18. The smallest absolute Gasteiger partial charge is 0.295 e. The molecule has 1 aromatic carbocycles. The van der Waals surface area contributed by atoms with E-state index in [0.717, 1.165) is 12.2 Å². The van der Waals surface area contributed by atoms with E-state index in [2.05, 4.69) is 5.10 Å². The molecule has 0 bridgehead atoms. The number of aromatic nitrogens is 2. The summed E-state index contributed by atoms with van der Waals surface area (Å²) in [6.45, 7) is 4.74. The topological polar surface area (TPSA) is 91.8 Å². The van der Waals surface area contributed by atoms with Crippen LogP contribution in [0.2, 0.25) is 0 Å². The number of ketones is 1. The molecule has 1 saturated heterocycles. The average molecular weight is 449 g/mol. The van der Waals surface area contributed by atoms with Crippen LogP contribution in [0.5, 0.6) is 0 Å². The third-order valence-electron chi connectivity index (χ3n) is 5.84. The largest absolute Gasteiger partial charge is 0.507 e. The third-order valence-corrected chi connectivity index (χ3v) is 5.84. The Bertz CT molecular complexity index is 1210. The molecule has 1 atom stereocenters.